The molecule has 1 atom stereocenters. The molecule has 0 spiro atoms. The van der Waals surface area contributed by atoms with Crippen LogP contribution in [0, 0.1) is 5.92 Å². The first-order chi connectivity index (χ1) is 7.96. The van der Waals surface area contributed by atoms with Crippen molar-refractivity contribution in [1.29, 1.82) is 0 Å². The number of aromatic nitrogens is 1. The van der Waals surface area contributed by atoms with E-state index in [-0.39, 0.29) is 24.0 Å². The standard InChI is InChI=1S/C10H11ClN2O3S/c11-17(15,16)7-8-5-10(14)13(6-8)9-1-3-12-4-2-9/h1-4,8H,5-7H2. The highest BCUT2D eigenvalue weighted by molar-refractivity contribution is 8.13. The molecule has 0 saturated carbocycles. The van der Waals surface area contributed by atoms with Gasteiger partial charge in [0.15, 0.2) is 0 Å². The summed E-state index contributed by atoms with van der Waals surface area (Å²) in [6.45, 7) is 0.384. The van der Waals surface area contributed by atoms with Crippen LogP contribution in [-0.4, -0.2) is 31.6 Å². The summed E-state index contributed by atoms with van der Waals surface area (Å²) in [5.74, 6) is -0.485. The normalized spacial score (nSPS) is 20.9. The van der Waals surface area contributed by atoms with Gasteiger partial charge in [-0.15, -0.1) is 0 Å². The Bertz CT molecular complexity index is 518. The molecule has 92 valence electrons. The fourth-order valence-corrected chi connectivity index (χ4v) is 3.27. The molecular formula is C10H11ClN2O3S. The van der Waals surface area contributed by atoms with E-state index in [4.69, 9.17) is 10.7 Å². The number of nitrogens with zero attached hydrogens (tertiary/aromatic N) is 2. The predicted octanol–water partition coefficient (Wildman–Crippen LogP) is 1.00. The molecule has 5 nitrogen and oxygen atoms in total. The smallest absolute Gasteiger partial charge is 0.232 e. The van der Waals surface area contributed by atoms with Gasteiger partial charge in [-0.3, -0.25) is 9.78 Å². The summed E-state index contributed by atoms with van der Waals surface area (Å²) in [7, 11) is 1.63. The topological polar surface area (TPSA) is 67.3 Å². The van der Waals surface area contributed by atoms with Crippen molar-refractivity contribution in [3.63, 3.8) is 0 Å². The average Bonchev–Trinajstić information content (AvgIpc) is 2.58. The molecule has 2 rings (SSSR count). The van der Waals surface area contributed by atoms with Gasteiger partial charge in [0.1, 0.15) is 0 Å². The molecule has 7 heteroatoms. The van der Waals surface area contributed by atoms with Crippen LogP contribution in [0.3, 0.4) is 0 Å². The Morgan fingerprint density at radius 2 is 2.06 bits per heavy atom. The van der Waals surface area contributed by atoms with Crippen LogP contribution in [0.4, 0.5) is 5.69 Å². The second-order valence-corrected chi connectivity index (χ2v) is 6.81. The highest BCUT2D eigenvalue weighted by atomic mass is 35.7. The largest absolute Gasteiger partial charge is 0.312 e. The summed E-state index contributed by atoms with van der Waals surface area (Å²) in [4.78, 5) is 17.2. The molecule has 0 N–H and O–H groups in total. The minimum Gasteiger partial charge on any atom is -0.312 e. The zero-order valence-corrected chi connectivity index (χ0v) is 10.5. The first kappa shape index (κ1) is 12.3. The van der Waals surface area contributed by atoms with Crippen molar-refractivity contribution < 1.29 is 13.2 Å². The quantitative estimate of drug-likeness (QED) is 0.772. The van der Waals surface area contributed by atoms with E-state index in [1.807, 2.05) is 0 Å². The van der Waals surface area contributed by atoms with Crippen molar-refractivity contribution in [2.45, 2.75) is 6.42 Å². The van der Waals surface area contributed by atoms with Crippen molar-refractivity contribution in [2.75, 3.05) is 17.2 Å². The van der Waals surface area contributed by atoms with Crippen molar-refractivity contribution in [3.8, 4) is 0 Å². The van der Waals surface area contributed by atoms with Crippen molar-refractivity contribution in [2.24, 2.45) is 5.92 Å². The number of carbonyl (C=O) groups is 1. The average molecular weight is 275 g/mol. The van der Waals surface area contributed by atoms with E-state index in [1.165, 1.54) is 0 Å². The molecule has 1 unspecified atom stereocenters. The SMILES string of the molecule is O=C1CC(CS(=O)(=O)Cl)CN1c1ccncc1. The van der Waals surface area contributed by atoms with Crippen molar-refractivity contribution >= 4 is 31.3 Å². The second-order valence-electron chi connectivity index (χ2n) is 3.99. The minimum absolute atomic E-state index is 0.0819. The maximum absolute atomic E-state index is 11.7. The van der Waals surface area contributed by atoms with E-state index in [0.717, 1.165) is 5.69 Å². The van der Waals surface area contributed by atoms with Gasteiger partial charge in [-0.25, -0.2) is 8.42 Å². The van der Waals surface area contributed by atoms with E-state index in [1.54, 1.807) is 29.4 Å². The van der Waals surface area contributed by atoms with Gasteiger partial charge in [-0.2, -0.15) is 0 Å². The number of anilines is 1. The Labute approximate surface area is 104 Å². The van der Waals surface area contributed by atoms with E-state index in [9.17, 15) is 13.2 Å². The molecule has 1 amide bonds. The van der Waals surface area contributed by atoms with E-state index >= 15 is 0 Å². The highest BCUT2D eigenvalue weighted by Gasteiger charge is 2.32. The Kier molecular flexibility index (Phi) is 3.35. The van der Waals surface area contributed by atoms with Gasteiger partial charge >= 0.3 is 0 Å². The number of amides is 1. The number of pyridine rings is 1. The summed E-state index contributed by atoms with van der Waals surface area (Å²) in [5, 5.41) is 0. The zero-order chi connectivity index (χ0) is 12.5. The lowest BCUT2D eigenvalue weighted by Gasteiger charge is -2.15. The molecule has 0 aliphatic carbocycles. The lowest BCUT2D eigenvalue weighted by molar-refractivity contribution is -0.117. The Balaban J connectivity index is 2.11. The molecular weight excluding hydrogens is 264 g/mol. The highest BCUT2D eigenvalue weighted by Crippen LogP contribution is 2.25. The Morgan fingerprint density at radius 1 is 1.41 bits per heavy atom. The van der Waals surface area contributed by atoms with Gasteiger partial charge in [-0.1, -0.05) is 0 Å². The van der Waals surface area contributed by atoms with E-state index in [2.05, 4.69) is 4.98 Å². The zero-order valence-electron chi connectivity index (χ0n) is 8.91. The second kappa shape index (κ2) is 4.62. The summed E-state index contributed by atoms with van der Waals surface area (Å²) in [5.41, 5.74) is 0.736. The van der Waals surface area contributed by atoms with Gasteiger partial charge in [-0.05, 0) is 12.1 Å². The number of hydrogen-bond acceptors (Lipinski definition) is 4. The Morgan fingerprint density at radius 3 is 2.65 bits per heavy atom. The maximum Gasteiger partial charge on any atom is 0.232 e. The fourth-order valence-electron chi connectivity index (χ4n) is 1.95. The monoisotopic (exact) mass is 274 g/mol. The molecule has 1 saturated heterocycles. The molecule has 0 bridgehead atoms. The molecule has 1 aliphatic heterocycles. The first-order valence-corrected chi connectivity index (χ1v) is 7.56. The molecule has 1 aromatic heterocycles. The van der Waals surface area contributed by atoms with Crippen LogP contribution in [0.15, 0.2) is 24.5 Å². The molecule has 0 radical (unpaired) electrons. The predicted molar refractivity (Wildman–Crippen MR) is 64.3 cm³/mol. The van der Waals surface area contributed by atoms with Crippen LogP contribution in [-0.2, 0) is 13.8 Å². The number of hydrogen-bond donors (Lipinski definition) is 0. The van der Waals surface area contributed by atoms with Gasteiger partial charge in [0, 0.05) is 47.6 Å². The van der Waals surface area contributed by atoms with Crippen LogP contribution in [0.25, 0.3) is 0 Å². The van der Waals surface area contributed by atoms with E-state index < -0.39 is 9.05 Å². The molecule has 17 heavy (non-hydrogen) atoms. The number of carbonyl (C=O) groups excluding carboxylic acids is 1. The van der Waals surface area contributed by atoms with Crippen LogP contribution < -0.4 is 4.90 Å². The third-order valence-electron chi connectivity index (χ3n) is 2.61. The first-order valence-electron chi connectivity index (χ1n) is 5.08. The van der Waals surface area contributed by atoms with Crippen molar-refractivity contribution in [3.05, 3.63) is 24.5 Å². The summed E-state index contributed by atoms with van der Waals surface area (Å²) in [6.07, 6.45) is 3.40. The third-order valence-corrected chi connectivity index (χ3v) is 3.86. The van der Waals surface area contributed by atoms with E-state index in [0.29, 0.717) is 6.54 Å². The number of halogens is 1. The molecule has 2 heterocycles. The summed E-state index contributed by atoms with van der Waals surface area (Å²) >= 11 is 0. The molecule has 1 fully saturated rings. The molecule has 1 aromatic rings. The fraction of sp³-hybridized carbons (Fsp3) is 0.400. The third kappa shape index (κ3) is 3.17. The molecule has 0 aromatic carbocycles. The van der Waals surface area contributed by atoms with Crippen molar-refractivity contribution in [1.82, 2.24) is 4.98 Å². The van der Waals surface area contributed by atoms with Gasteiger partial charge in [0.2, 0.25) is 15.0 Å². The summed E-state index contributed by atoms with van der Waals surface area (Å²) in [6, 6.07) is 3.44. The molecule has 1 aliphatic rings. The van der Waals surface area contributed by atoms with Crippen LogP contribution in [0.2, 0.25) is 0 Å². The van der Waals surface area contributed by atoms with Gasteiger partial charge in [0.05, 0.1) is 5.75 Å². The lowest BCUT2D eigenvalue weighted by atomic mass is 10.1. The van der Waals surface area contributed by atoms with Crippen LogP contribution in [0.5, 0.6) is 0 Å². The minimum atomic E-state index is -3.56. The van der Waals surface area contributed by atoms with Crippen LogP contribution in [0.1, 0.15) is 6.42 Å². The maximum atomic E-state index is 11.7. The summed E-state index contributed by atoms with van der Waals surface area (Å²) < 4.78 is 21.9. The Hall–Kier alpha value is -1.14. The number of rotatable bonds is 3. The van der Waals surface area contributed by atoms with Gasteiger partial charge in [0.25, 0.3) is 0 Å². The lowest BCUT2D eigenvalue weighted by Crippen LogP contribution is -2.25. The van der Waals surface area contributed by atoms with Gasteiger partial charge < -0.3 is 4.90 Å². The van der Waals surface area contributed by atoms with Crippen LogP contribution >= 0.6 is 10.7 Å².